The van der Waals surface area contributed by atoms with Crippen LogP contribution in [-0.4, -0.2) is 69.5 Å². The van der Waals surface area contributed by atoms with E-state index in [2.05, 4.69) is 19.9 Å². The number of rotatable bonds is 6. The van der Waals surface area contributed by atoms with Gasteiger partial charge in [-0.3, -0.25) is 19.6 Å². The molecule has 3 aromatic rings. The maximum absolute atomic E-state index is 14.7. The number of pyridine rings is 1. The fourth-order valence-electron chi connectivity index (χ4n) is 4.93. The van der Waals surface area contributed by atoms with Gasteiger partial charge in [0.05, 0.1) is 29.2 Å². The summed E-state index contributed by atoms with van der Waals surface area (Å²) in [5.74, 6) is 4.88. The number of aromatic nitrogens is 2. The number of ketones is 1. The molecule has 0 bridgehead atoms. The Morgan fingerprint density at radius 2 is 1.92 bits per heavy atom. The van der Waals surface area contributed by atoms with Crippen molar-refractivity contribution in [2.45, 2.75) is 18.9 Å². The number of nitrogens with two attached hydrogens (primary N) is 2. The summed E-state index contributed by atoms with van der Waals surface area (Å²) in [6.45, 7) is 2.45. The average Bonchev–Trinajstić information content (AvgIpc) is 3.57. The van der Waals surface area contributed by atoms with E-state index in [0.717, 1.165) is 48.5 Å². The number of fused-ring (bicyclic) bond motifs is 1. The monoisotopic (exact) mass is 490 g/mol. The lowest BCUT2D eigenvalue weighted by atomic mass is 10.0. The number of aromatic amines is 1. The van der Waals surface area contributed by atoms with E-state index in [1.807, 2.05) is 30.3 Å². The molecule has 0 unspecified atom stereocenters. The molecule has 0 spiro atoms. The van der Waals surface area contributed by atoms with Crippen LogP contribution in [0.2, 0.25) is 0 Å². The van der Waals surface area contributed by atoms with E-state index in [0.29, 0.717) is 13.1 Å². The molecule has 10 nitrogen and oxygen atoms in total. The van der Waals surface area contributed by atoms with Gasteiger partial charge >= 0.3 is 0 Å². The molecule has 1 fully saturated rings. The van der Waals surface area contributed by atoms with Crippen molar-refractivity contribution in [1.29, 1.82) is 0 Å². The lowest BCUT2D eigenvalue weighted by Crippen LogP contribution is -2.49. The van der Waals surface area contributed by atoms with Crippen LogP contribution in [0, 0.1) is 5.82 Å². The molecule has 5 N–H and O–H groups in total. The molecule has 11 heteroatoms. The molecule has 5 rings (SSSR count). The van der Waals surface area contributed by atoms with Crippen LogP contribution in [0.15, 0.2) is 60.1 Å². The zero-order valence-corrected chi connectivity index (χ0v) is 19.6. The molecule has 0 saturated carbocycles. The third-order valence-electron chi connectivity index (χ3n) is 6.67. The van der Waals surface area contributed by atoms with E-state index in [-0.39, 0.29) is 28.3 Å². The first kappa shape index (κ1) is 23.5. The van der Waals surface area contributed by atoms with Gasteiger partial charge in [-0.05, 0) is 12.8 Å². The van der Waals surface area contributed by atoms with Gasteiger partial charge < -0.3 is 20.5 Å². The minimum absolute atomic E-state index is 0.0325. The second-order valence-electron chi connectivity index (χ2n) is 8.75. The Kier molecular flexibility index (Phi) is 6.38. The number of hydrazine groups is 1. The number of aliphatic imine (C=N–C) groups is 1. The van der Waals surface area contributed by atoms with Gasteiger partial charge in [0.2, 0.25) is 0 Å². The predicted molar refractivity (Wildman–Crippen MR) is 135 cm³/mol. The maximum Gasteiger partial charge on any atom is 0.295 e. The van der Waals surface area contributed by atoms with Gasteiger partial charge in [-0.25, -0.2) is 15.2 Å². The molecule has 2 aromatic heterocycles. The molecular formula is C25H27FN8O2. The molecule has 0 radical (unpaired) electrons. The van der Waals surface area contributed by atoms with E-state index in [1.54, 1.807) is 4.90 Å². The highest BCUT2D eigenvalue weighted by atomic mass is 19.1. The molecule has 1 amide bonds. The van der Waals surface area contributed by atoms with Crippen LogP contribution in [-0.2, 0) is 4.79 Å². The highest BCUT2D eigenvalue weighted by molar-refractivity contribution is 6.45. The summed E-state index contributed by atoms with van der Waals surface area (Å²) in [4.78, 5) is 41.6. The van der Waals surface area contributed by atoms with Gasteiger partial charge in [-0.15, -0.1) is 0 Å². The number of carbonyl (C=O) groups excluding carboxylic acids is 2. The van der Waals surface area contributed by atoms with Gasteiger partial charge in [-0.2, -0.15) is 0 Å². The lowest BCUT2D eigenvalue weighted by molar-refractivity contribution is -0.127. The van der Waals surface area contributed by atoms with Crippen molar-refractivity contribution in [3.05, 3.63) is 72.1 Å². The number of amidine groups is 1. The number of nitrogens with zero attached hydrogens (tertiary/aromatic N) is 5. The van der Waals surface area contributed by atoms with E-state index in [1.165, 1.54) is 18.6 Å². The summed E-state index contributed by atoms with van der Waals surface area (Å²) in [6.07, 6.45) is 6.26. The summed E-state index contributed by atoms with van der Waals surface area (Å²) in [5, 5.41) is 1.07. The molecular weight excluding hydrogens is 463 g/mol. The Balaban J connectivity index is 1.30. The van der Waals surface area contributed by atoms with Crippen LogP contribution in [0.25, 0.3) is 10.9 Å². The first-order valence-corrected chi connectivity index (χ1v) is 11.8. The van der Waals surface area contributed by atoms with Crippen molar-refractivity contribution in [2.75, 3.05) is 31.2 Å². The number of hydrogen-bond acceptors (Lipinski definition) is 8. The Morgan fingerprint density at radius 1 is 1.17 bits per heavy atom. The third kappa shape index (κ3) is 4.17. The van der Waals surface area contributed by atoms with E-state index >= 15 is 0 Å². The summed E-state index contributed by atoms with van der Waals surface area (Å²) in [5.41, 5.74) is 6.60. The maximum atomic E-state index is 14.7. The first-order valence-electron chi connectivity index (χ1n) is 11.8. The molecule has 2 aliphatic heterocycles. The van der Waals surface area contributed by atoms with Crippen LogP contribution in [0.1, 0.15) is 28.8 Å². The van der Waals surface area contributed by atoms with Crippen molar-refractivity contribution < 1.29 is 14.0 Å². The predicted octanol–water partition coefficient (Wildman–Crippen LogP) is 1.75. The number of piperidine rings is 1. The molecule has 36 heavy (non-hydrogen) atoms. The lowest BCUT2D eigenvalue weighted by Gasteiger charge is -2.38. The largest absolute Gasteiger partial charge is 0.403 e. The fourth-order valence-corrected chi connectivity index (χ4v) is 4.93. The number of Topliss-reactive ketones (excluding diaryl/α,β-unsaturated/α-hetero) is 1. The molecule has 2 aliphatic rings. The van der Waals surface area contributed by atoms with Gasteiger partial charge in [-0.1, -0.05) is 30.3 Å². The topological polar surface area (TPSA) is 137 Å². The van der Waals surface area contributed by atoms with Gasteiger partial charge in [0.15, 0.2) is 11.6 Å². The van der Waals surface area contributed by atoms with Crippen molar-refractivity contribution in [2.24, 2.45) is 16.6 Å². The van der Waals surface area contributed by atoms with Crippen molar-refractivity contribution >= 4 is 34.2 Å². The summed E-state index contributed by atoms with van der Waals surface area (Å²) in [6, 6.07) is 10.3. The molecule has 1 aromatic carbocycles. The quantitative estimate of drug-likeness (QED) is 0.207. The van der Waals surface area contributed by atoms with Crippen LogP contribution >= 0.6 is 0 Å². The summed E-state index contributed by atoms with van der Waals surface area (Å²) < 4.78 is 14.7. The number of hydrogen-bond donors (Lipinski definition) is 3. The standard InChI is InChI=1S/C25H27FN8O2/c26-19-15-31-24(34(28)12-8-27)21-20(19)18(14-30-21)22(35)25(36)32-10-6-17(7-11-32)33-13-9-29-23(33)16-4-2-1-3-5-16/h1-5,8,12,14-15,17,30H,6-7,9-11,13,27-28H2/b12-8-. The Bertz CT molecular complexity index is 1340. The van der Waals surface area contributed by atoms with Gasteiger partial charge in [0, 0.05) is 49.8 Å². The number of H-pyrrole nitrogens is 1. The van der Waals surface area contributed by atoms with Crippen LogP contribution in [0.5, 0.6) is 0 Å². The Hall–Kier alpha value is -4.25. The molecule has 0 aliphatic carbocycles. The minimum atomic E-state index is -0.776. The highest BCUT2D eigenvalue weighted by Crippen LogP contribution is 2.29. The number of nitrogens with one attached hydrogen (secondary N) is 1. The number of amides is 1. The molecule has 0 atom stereocenters. The number of carbonyl (C=O) groups is 2. The second-order valence-corrected chi connectivity index (χ2v) is 8.75. The normalized spacial score (nSPS) is 16.7. The fraction of sp³-hybridized carbons (Fsp3) is 0.280. The van der Waals surface area contributed by atoms with Gasteiger partial charge in [0.1, 0.15) is 5.84 Å². The van der Waals surface area contributed by atoms with E-state index in [4.69, 9.17) is 11.6 Å². The van der Waals surface area contributed by atoms with Crippen LogP contribution < -0.4 is 16.6 Å². The first-order chi connectivity index (χ1) is 17.5. The van der Waals surface area contributed by atoms with Gasteiger partial charge in [0.25, 0.3) is 11.7 Å². The number of halogens is 1. The Morgan fingerprint density at radius 3 is 2.64 bits per heavy atom. The third-order valence-corrected chi connectivity index (χ3v) is 6.67. The summed E-state index contributed by atoms with van der Waals surface area (Å²) >= 11 is 0. The van der Waals surface area contributed by atoms with Crippen LogP contribution in [0.3, 0.4) is 0 Å². The van der Waals surface area contributed by atoms with Crippen molar-refractivity contribution in [3.63, 3.8) is 0 Å². The molecule has 186 valence electrons. The average molecular weight is 491 g/mol. The molecule has 4 heterocycles. The second kappa shape index (κ2) is 9.78. The van der Waals surface area contributed by atoms with E-state index in [9.17, 15) is 14.0 Å². The van der Waals surface area contributed by atoms with E-state index < -0.39 is 17.5 Å². The number of likely N-dealkylation sites (tertiary alicyclic amines) is 1. The summed E-state index contributed by atoms with van der Waals surface area (Å²) in [7, 11) is 0. The van der Waals surface area contributed by atoms with Crippen molar-refractivity contribution in [1.82, 2.24) is 19.8 Å². The van der Waals surface area contributed by atoms with Crippen molar-refractivity contribution in [3.8, 4) is 0 Å². The Labute approximate surface area is 207 Å². The zero-order valence-electron chi connectivity index (χ0n) is 19.6. The SMILES string of the molecule is N/C=C\N(N)c1ncc(F)c2c(C(=O)C(=O)N3CCC(N4CCN=C4c4ccccc4)CC3)c[nH]c12. The minimum Gasteiger partial charge on any atom is -0.403 e. The van der Waals surface area contributed by atoms with Crippen LogP contribution in [0.4, 0.5) is 10.2 Å². The smallest absolute Gasteiger partial charge is 0.295 e. The molecule has 1 saturated heterocycles. The zero-order chi connectivity index (χ0) is 25.2. The highest BCUT2D eigenvalue weighted by Gasteiger charge is 2.34. The number of benzene rings is 1. The number of anilines is 1.